The minimum atomic E-state index is -0.128. The normalized spacial score (nSPS) is 16.3. The molecule has 0 saturated heterocycles. The Morgan fingerprint density at radius 1 is 1.47 bits per heavy atom. The molecule has 1 nitrogen and oxygen atoms in total. The van der Waals surface area contributed by atoms with Gasteiger partial charge in [-0.05, 0) is 68.5 Å². The minimum Gasteiger partial charge on any atom is -0.314 e. The van der Waals surface area contributed by atoms with E-state index in [4.69, 9.17) is 0 Å². The van der Waals surface area contributed by atoms with Crippen molar-refractivity contribution < 1.29 is 4.39 Å². The highest BCUT2D eigenvalue weighted by Gasteiger charge is 2.19. The van der Waals surface area contributed by atoms with Crippen LogP contribution in [0.2, 0.25) is 0 Å². The molecule has 1 saturated carbocycles. The summed E-state index contributed by atoms with van der Waals surface area (Å²) in [5.41, 5.74) is 3.06. The average molecular weight is 233 g/mol. The van der Waals surface area contributed by atoms with E-state index in [1.165, 1.54) is 18.4 Å². The van der Waals surface area contributed by atoms with Crippen LogP contribution in [0, 0.1) is 12.7 Å². The van der Waals surface area contributed by atoms with Crippen LogP contribution in [-0.2, 0) is 0 Å². The van der Waals surface area contributed by atoms with Crippen LogP contribution < -0.4 is 5.32 Å². The van der Waals surface area contributed by atoms with Crippen molar-refractivity contribution in [2.75, 3.05) is 6.54 Å². The van der Waals surface area contributed by atoms with Gasteiger partial charge in [0.1, 0.15) is 5.82 Å². The van der Waals surface area contributed by atoms with Crippen molar-refractivity contribution in [3.05, 3.63) is 41.2 Å². The molecule has 92 valence electrons. The fraction of sp³-hybridized carbons (Fsp3) is 0.467. The molecule has 1 aliphatic rings. The molecule has 0 aliphatic heterocycles. The van der Waals surface area contributed by atoms with Gasteiger partial charge in [0, 0.05) is 6.04 Å². The third-order valence-electron chi connectivity index (χ3n) is 3.22. The van der Waals surface area contributed by atoms with E-state index in [1.54, 1.807) is 13.0 Å². The largest absolute Gasteiger partial charge is 0.314 e. The standard InChI is InChI=1S/C15H20FN/c1-11(4-3-9-17-14-6-7-14)13-5-8-15(16)12(2)10-13/h4-5,8,10,14,17H,3,6-7,9H2,1-2H3. The van der Waals surface area contributed by atoms with E-state index in [0.29, 0.717) is 5.56 Å². The Hall–Kier alpha value is -1.15. The number of allylic oxidation sites excluding steroid dienone is 1. The SMILES string of the molecule is CC(=CCCNC1CC1)c1ccc(F)c(C)c1. The van der Waals surface area contributed by atoms with Crippen LogP contribution in [0.25, 0.3) is 5.57 Å². The molecule has 17 heavy (non-hydrogen) atoms. The number of benzene rings is 1. The lowest BCUT2D eigenvalue weighted by atomic mass is 10.0. The zero-order chi connectivity index (χ0) is 12.3. The Bertz CT molecular complexity index is 419. The molecule has 1 N–H and O–H groups in total. The number of nitrogens with one attached hydrogen (secondary N) is 1. The number of rotatable bonds is 5. The van der Waals surface area contributed by atoms with E-state index in [0.717, 1.165) is 24.6 Å². The van der Waals surface area contributed by atoms with E-state index in [1.807, 2.05) is 12.1 Å². The summed E-state index contributed by atoms with van der Waals surface area (Å²) >= 11 is 0. The van der Waals surface area contributed by atoms with Gasteiger partial charge in [0.25, 0.3) is 0 Å². The molecule has 1 aliphatic carbocycles. The van der Waals surface area contributed by atoms with Gasteiger partial charge in [-0.2, -0.15) is 0 Å². The van der Waals surface area contributed by atoms with E-state index in [-0.39, 0.29) is 5.82 Å². The van der Waals surface area contributed by atoms with Gasteiger partial charge in [0.05, 0.1) is 0 Å². The van der Waals surface area contributed by atoms with Gasteiger partial charge >= 0.3 is 0 Å². The first-order chi connectivity index (χ1) is 8.16. The second-order valence-electron chi connectivity index (χ2n) is 4.87. The van der Waals surface area contributed by atoms with Crippen molar-refractivity contribution in [3.8, 4) is 0 Å². The van der Waals surface area contributed by atoms with E-state index < -0.39 is 0 Å². The molecule has 0 amide bonds. The summed E-state index contributed by atoms with van der Waals surface area (Å²) in [6.07, 6.45) is 5.93. The van der Waals surface area contributed by atoms with Crippen LogP contribution in [0.1, 0.15) is 37.3 Å². The lowest BCUT2D eigenvalue weighted by molar-refractivity contribution is 0.618. The highest BCUT2D eigenvalue weighted by atomic mass is 19.1. The maximum Gasteiger partial charge on any atom is 0.126 e. The lowest BCUT2D eigenvalue weighted by Gasteiger charge is -2.05. The number of halogens is 1. The quantitative estimate of drug-likeness (QED) is 0.765. The van der Waals surface area contributed by atoms with Gasteiger partial charge in [0.15, 0.2) is 0 Å². The molecular weight excluding hydrogens is 213 g/mol. The van der Waals surface area contributed by atoms with Gasteiger partial charge in [0.2, 0.25) is 0 Å². The van der Waals surface area contributed by atoms with Crippen molar-refractivity contribution in [3.63, 3.8) is 0 Å². The molecule has 1 aromatic carbocycles. The Labute approximate surface area is 103 Å². The van der Waals surface area contributed by atoms with E-state index >= 15 is 0 Å². The third kappa shape index (κ3) is 3.67. The second kappa shape index (κ2) is 5.46. The van der Waals surface area contributed by atoms with Crippen molar-refractivity contribution in [1.29, 1.82) is 0 Å². The molecule has 0 heterocycles. The van der Waals surface area contributed by atoms with Crippen LogP contribution in [0.15, 0.2) is 24.3 Å². The molecule has 0 radical (unpaired) electrons. The Morgan fingerprint density at radius 3 is 2.88 bits per heavy atom. The lowest BCUT2D eigenvalue weighted by Crippen LogP contribution is -2.16. The second-order valence-corrected chi connectivity index (χ2v) is 4.87. The first-order valence-electron chi connectivity index (χ1n) is 6.33. The molecule has 0 aromatic heterocycles. The number of hydrogen-bond donors (Lipinski definition) is 1. The monoisotopic (exact) mass is 233 g/mol. The van der Waals surface area contributed by atoms with E-state index in [2.05, 4.69) is 18.3 Å². The van der Waals surface area contributed by atoms with Gasteiger partial charge in [-0.3, -0.25) is 0 Å². The smallest absolute Gasteiger partial charge is 0.126 e. The van der Waals surface area contributed by atoms with Crippen LogP contribution in [0.4, 0.5) is 4.39 Å². The minimum absolute atomic E-state index is 0.128. The van der Waals surface area contributed by atoms with Gasteiger partial charge in [-0.1, -0.05) is 12.1 Å². The summed E-state index contributed by atoms with van der Waals surface area (Å²) in [5, 5.41) is 3.48. The topological polar surface area (TPSA) is 12.0 Å². The summed E-state index contributed by atoms with van der Waals surface area (Å²) in [5.74, 6) is -0.128. The maximum absolute atomic E-state index is 13.1. The summed E-state index contributed by atoms with van der Waals surface area (Å²) in [4.78, 5) is 0. The Balaban J connectivity index is 1.89. The summed E-state index contributed by atoms with van der Waals surface area (Å²) < 4.78 is 13.1. The molecule has 0 unspecified atom stereocenters. The fourth-order valence-electron chi connectivity index (χ4n) is 1.87. The highest BCUT2D eigenvalue weighted by molar-refractivity contribution is 5.64. The Kier molecular flexibility index (Phi) is 3.95. The van der Waals surface area contributed by atoms with Gasteiger partial charge in [-0.25, -0.2) is 4.39 Å². The molecule has 0 bridgehead atoms. The van der Waals surface area contributed by atoms with Crippen LogP contribution in [0.3, 0.4) is 0 Å². The number of hydrogen-bond acceptors (Lipinski definition) is 1. The molecule has 0 spiro atoms. The summed E-state index contributed by atoms with van der Waals surface area (Å²) in [6, 6.07) is 6.08. The van der Waals surface area contributed by atoms with Crippen molar-refractivity contribution >= 4 is 5.57 Å². The van der Waals surface area contributed by atoms with Crippen molar-refractivity contribution in [2.24, 2.45) is 0 Å². The predicted octanol–water partition coefficient (Wildman–Crippen LogP) is 3.68. The molecule has 0 atom stereocenters. The molecular formula is C15H20FN. The van der Waals surface area contributed by atoms with Crippen LogP contribution in [-0.4, -0.2) is 12.6 Å². The predicted molar refractivity (Wildman–Crippen MR) is 70.4 cm³/mol. The molecule has 2 heteroatoms. The van der Waals surface area contributed by atoms with Crippen LogP contribution in [0.5, 0.6) is 0 Å². The van der Waals surface area contributed by atoms with Gasteiger partial charge in [-0.15, -0.1) is 0 Å². The van der Waals surface area contributed by atoms with Gasteiger partial charge < -0.3 is 5.32 Å². The summed E-state index contributed by atoms with van der Waals surface area (Å²) in [6.45, 7) is 4.94. The molecule has 1 aromatic rings. The zero-order valence-electron chi connectivity index (χ0n) is 10.6. The summed E-state index contributed by atoms with van der Waals surface area (Å²) in [7, 11) is 0. The van der Waals surface area contributed by atoms with Crippen molar-refractivity contribution in [1.82, 2.24) is 5.32 Å². The van der Waals surface area contributed by atoms with Crippen LogP contribution >= 0.6 is 0 Å². The molecule has 2 rings (SSSR count). The van der Waals surface area contributed by atoms with E-state index in [9.17, 15) is 4.39 Å². The first kappa shape index (κ1) is 12.3. The zero-order valence-corrected chi connectivity index (χ0v) is 10.6. The average Bonchev–Trinajstić information content (AvgIpc) is 3.12. The first-order valence-corrected chi connectivity index (χ1v) is 6.33. The van der Waals surface area contributed by atoms with Crippen molar-refractivity contribution in [2.45, 2.75) is 39.2 Å². The number of aryl methyl sites for hydroxylation is 1. The maximum atomic E-state index is 13.1. The third-order valence-corrected chi connectivity index (χ3v) is 3.22. The Morgan fingerprint density at radius 2 is 2.24 bits per heavy atom. The molecule has 1 fully saturated rings. The highest BCUT2D eigenvalue weighted by Crippen LogP contribution is 2.19. The fourth-order valence-corrected chi connectivity index (χ4v) is 1.87.